The Morgan fingerprint density at radius 2 is 2.00 bits per heavy atom. The molecule has 0 bridgehead atoms. The van der Waals surface area contributed by atoms with E-state index in [2.05, 4.69) is 17.2 Å². The zero-order chi connectivity index (χ0) is 19.7. The number of nitrogens with one attached hydrogen (secondary N) is 2. The molecule has 0 aromatic heterocycles. The Balaban J connectivity index is 2.90. The van der Waals surface area contributed by atoms with Crippen molar-refractivity contribution < 1.29 is 9.28 Å². The Kier molecular flexibility index (Phi) is 8.15. The minimum atomic E-state index is -0.541. The van der Waals surface area contributed by atoms with Crippen LogP contribution in [0, 0.1) is 6.92 Å². The maximum Gasteiger partial charge on any atom is 0.271 e. The second kappa shape index (κ2) is 10.1. The fourth-order valence-electron chi connectivity index (χ4n) is 2.21. The quantitative estimate of drug-likeness (QED) is 0.289. The van der Waals surface area contributed by atoms with E-state index in [4.69, 9.17) is 5.73 Å². The number of aryl methyl sites for hydroxylation is 1. The monoisotopic (exact) mass is 358 g/mol. The van der Waals surface area contributed by atoms with Crippen molar-refractivity contribution in [1.82, 2.24) is 15.8 Å². The van der Waals surface area contributed by atoms with Crippen LogP contribution in [0.3, 0.4) is 0 Å². The van der Waals surface area contributed by atoms with E-state index in [0.29, 0.717) is 16.5 Å². The van der Waals surface area contributed by atoms with Gasteiger partial charge in [0.25, 0.3) is 5.91 Å². The van der Waals surface area contributed by atoms with Gasteiger partial charge < -0.3 is 16.4 Å². The fourth-order valence-corrected chi connectivity index (χ4v) is 2.21. The molecule has 0 radical (unpaired) electrons. The molecule has 0 saturated heterocycles. The lowest BCUT2D eigenvalue weighted by Gasteiger charge is -2.17. The molecule has 0 spiro atoms. The summed E-state index contributed by atoms with van der Waals surface area (Å²) in [6, 6.07) is 7.45. The Hall–Kier alpha value is -3.02. The van der Waals surface area contributed by atoms with Gasteiger partial charge in [0.1, 0.15) is 5.70 Å². The van der Waals surface area contributed by atoms with E-state index < -0.39 is 5.91 Å². The van der Waals surface area contributed by atoms with Crippen molar-refractivity contribution >= 4 is 12.0 Å². The number of nitrogens with two attached hydrogens (primary N) is 1. The van der Waals surface area contributed by atoms with Crippen LogP contribution in [0.2, 0.25) is 0 Å². The molecule has 1 aromatic carbocycles. The SMILES string of the molecule is C=C/C(N)=C(NCNC(=O)/C(=C/c1ccccc1C)N(C)F)\C(C)=C/C. The number of rotatable bonds is 8. The number of nitrogens with zero attached hydrogens (tertiary/aromatic N) is 1. The van der Waals surface area contributed by atoms with Crippen LogP contribution in [0.4, 0.5) is 4.48 Å². The first kappa shape index (κ1) is 21.0. The molecule has 0 saturated carbocycles. The molecular weight excluding hydrogens is 331 g/mol. The molecule has 1 rings (SSSR count). The van der Waals surface area contributed by atoms with Crippen molar-refractivity contribution in [2.45, 2.75) is 20.8 Å². The van der Waals surface area contributed by atoms with Crippen molar-refractivity contribution in [3.05, 3.63) is 76.8 Å². The molecule has 0 unspecified atom stereocenters. The molecule has 0 aliphatic carbocycles. The summed E-state index contributed by atoms with van der Waals surface area (Å²) in [5, 5.41) is 5.98. The number of likely N-dealkylation sites (N-methyl/N-ethyl adjacent to an activating group) is 1. The number of carbonyl (C=O) groups is 1. The average molecular weight is 358 g/mol. The van der Waals surface area contributed by atoms with Gasteiger partial charge in [0.15, 0.2) is 0 Å². The standard InChI is InChI=1S/C20H27FN4O/c1-6-14(3)19(17(22)7-2)23-13-24-20(26)18(25(5)21)12-16-11-9-8-10-15(16)4/h6-12,23H,2,13,22H2,1,3-5H3,(H,24,26)/b14-6-,18-12-,19-17-. The number of benzene rings is 1. The summed E-state index contributed by atoms with van der Waals surface area (Å²) >= 11 is 0. The van der Waals surface area contributed by atoms with E-state index in [1.54, 1.807) is 0 Å². The van der Waals surface area contributed by atoms with E-state index in [0.717, 1.165) is 16.7 Å². The van der Waals surface area contributed by atoms with Gasteiger partial charge in [0.2, 0.25) is 0 Å². The third-order valence-electron chi connectivity index (χ3n) is 3.90. The maximum atomic E-state index is 13.8. The second-order valence-electron chi connectivity index (χ2n) is 5.73. The van der Waals surface area contributed by atoms with Gasteiger partial charge in [-0.1, -0.05) is 36.9 Å². The first-order chi connectivity index (χ1) is 12.3. The normalized spacial score (nSPS) is 13.0. The van der Waals surface area contributed by atoms with Gasteiger partial charge in [0.05, 0.1) is 18.1 Å². The number of hydrogen-bond donors (Lipinski definition) is 3. The third kappa shape index (κ3) is 5.81. The Bertz CT molecular complexity index is 748. The van der Waals surface area contributed by atoms with E-state index in [9.17, 15) is 9.28 Å². The van der Waals surface area contributed by atoms with Crippen molar-refractivity contribution in [1.29, 1.82) is 0 Å². The van der Waals surface area contributed by atoms with Gasteiger partial charge in [-0.25, -0.2) is 5.12 Å². The summed E-state index contributed by atoms with van der Waals surface area (Å²) in [7, 11) is 1.18. The largest absolute Gasteiger partial charge is 0.397 e. The Morgan fingerprint density at radius 3 is 2.54 bits per heavy atom. The number of carbonyl (C=O) groups excluding carboxylic acids is 1. The summed E-state index contributed by atoms with van der Waals surface area (Å²) in [5.74, 6) is -0.541. The van der Waals surface area contributed by atoms with Crippen LogP contribution in [0.5, 0.6) is 0 Å². The van der Waals surface area contributed by atoms with Gasteiger partial charge in [-0.15, -0.1) is 4.48 Å². The van der Waals surface area contributed by atoms with Crippen LogP contribution in [-0.2, 0) is 4.79 Å². The zero-order valence-electron chi connectivity index (χ0n) is 15.8. The second-order valence-corrected chi connectivity index (χ2v) is 5.73. The van der Waals surface area contributed by atoms with Crippen LogP contribution in [0.1, 0.15) is 25.0 Å². The minimum absolute atomic E-state index is 0.0901. The number of halogens is 1. The molecule has 1 aromatic rings. The smallest absolute Gasteiger partial charge is 0.271 e. The highest BCUT2D eigenvalue weighted by Gasteiger charge is 2.15. The summed E-state index contributed by atoms with van der Waals surface area (Å²) in [6.07, 6.45) is 4.92. The third-order valence-corrected chi connectivity index (χ3v) is 3.90. The lowest BCUT2D eigenvalue weighted by molar-refractivity contribution is -0.120. The molecule has 26 heavy (non-hydrogen) atoms. The van der Waals surface area contributed by atoms with E-state index in [1.165, 1.54) is 19.2 Å². The van der Waals surface area contributed by atoms with Crippen molar-refractivity contribution in [3.8, 4) is 0 Å². The molecule has 5 nitrogen and oxygen atoms in total. The highest BCUT2D eigenvalue weighted by atomic mass is 19.2. The summed E-state index contributed by atoms with van der Waals surface area (Å²) in [5.41, 5.74) is 9.58. The fraction of sp³-hybridized carbons (Fsp3) is 0.250. The van der Waals surface area contributed by atoms with Crippen LogP contribution in [0.25, 0.3) is 6.08 Å². The molecular formula is C20H27FN4O. The summed E-state index contributed by atoms with van der Waals surface area (Å²) in [6.45, 7) is 9.40. The topological polar surface area (TPSA) is 70.4 Å². The van der Waals surface area contributed by atoms with Gasteiger partial charge >= 0.3 is 0 Å². The minimum Gasteiger partial charge on any atom is -0.397 e. The molecule has 4 N–H and O–H groups in total. The van der Waals surface area contributed by atoms with Gasteiger partial charge in [0, 0.05) is 7.05 Å². The lowest BCUT2D eigenvalue weighted by atomic mass is 10.1. The molecule has 1 amide bonds. The van der Waals surface area contributed by atoms with Crippen LogP contribution in [0.15, 0.2) is 65.7 Å². The number of amides is 1. The summed E-state index contributed by atoms with van der Waals surface area (Å²) in [4.78, 5) is 12.4. The summed E-state index contributed by atoms with van der Waals surface area (Å²) < 4.78 is 13.8. The van der Waals surface area contributed by atoms with Crippen molar-refractivity contribution in [2.24, 2.45) is 5.73 Å². The van der Waals surface area contributed by atoms with Crippen LogP contribution < -0.4 is 16.4 Å². The highest BCUT2D eigenvalue weighted by Crippen LogP contribution is 2.14. The zero-order valence-corrected chi connectivity index (χ0v) is 15.8. The van der Waals surface area contributed by atoms with Gasteiger partial charge in [-0.05, 0) is 49.6 Å². The lowest BCUT2D eigenvalue weighted by Crippen LogP contribution is -2.37. The highest BCUT2D eigenvalue weighted by molar-refractivity contribution is 5.97. The average Bonchev–Trinajstić information content (AvgIpc) is 2.62. The van der Waals surface area contributed by atoms with Crippen LogP contribution in [-0.4, -0.2) is 24.7 Å². The van der Waals surface area contributed by atoms with Gasteiger partial charge in [-0.2, -0.15) is 0 Å². The van der Waals surface area contributed by atoms with Crippen molar-refractivity contribution in [3.63, 3.8) is 0 Å². The first-order valence-corrected chi connectivity index (χ1v) is 8.26. The van der Waals surface area contributed by atoms with Gasteiger partial charge in [-0.3, -0.25) is 4.79 Å². The number of allylic oxidation sites excluding steroid dienone is 3. The van der Waals surface area contributed by atoms with E-state index >= 15 is 0 Å². The molecule has 0 fully saturated rings. The molecule has 0 aliphatic rings. The Morgan fingerprint density at radius 1 is 1.35 bits per heavy atom. The molecule has 6 heteroatoms. The van der Waals surface area contributed by atoms with E-state index in [-0.39, 0.29) is 12.4 Å². The molecule has 0 atom stereocenters. The molecule has 0 heterocycles. The van der Waals surface area contributed by atoms with E-state index in [1.807, 2.05) is 51.1 Å². The molecule has 0 aliphatic heterocycles. The Labute approximate surface area is 154 Å². The van der Waals surface area contributed by atoms with Crippen molar-refractivity contribution in [2.75, 3.05) is 13.7 Å². The predicted molar refractivity (Wildman–Crippen MR) is 105 cm³/mol. The maximum absolute atomic E-state index is 13.8. The number of hydrogen-bond acceptors (Lipinski definition) is 4. The molecule has 140 valence electrons. The first-order valence-electron chi connectivity index (χ1n) is 8.26. The van der Waals surface area contributed by atoms with Crippen LogP contribution >= 0.6 is 0 Å². The predicted octanol–water partition coefficient (Wildman–Crippen LogP) is 3.14.